The van der Waals surface area contributed by atoms with Crippen LogP contribution in [-0.4, -0.2) is 34.4 Å². The van der Waals surface area contributed by atoms with Gasteiger partial charge >= 0.3 is 0 Å². The topological polar surface area (TPSA) is 66.2 Å². The smallest absolute Gasteiger partial charge is 0.259 e. The molecule has 2 aliphatic heterocycles. The van der Waals surface area contributed by atoms with Crippen molar-refractivity contribution >= 4 is 5.91 Å². The van der Waals surface area contributed by atoms with E-state index in [1.165, 1.54) is 11.1 Å². The number of rotatable bonds is 2. The van der Waals surface area contributed by atoms with Crippen LogP contribution >= 0.6 is 0 Å². The Hall–Kier alpha value is -2.23. The zero-order valence-corrected chi connectivity index (χ0v) is 12.6. The van der Waals surface area contributed by atoms with E-state index in [4.69, 9.17) is 10.00 Å². The average Bonchev–Trinajstić information content (AvgIpc) is 3.26. The number of nitriles is 1. The Morgan fingerprint density at radius 2 is 2.26 bits per heavy atom. The number of halogens is 2. The summed E-state index contributed by atoms with van der Waals surface area (Å²) < 4.78 is 33.6. The maximum absolute atomic E-state index is 13.9. The minimum atomic E-state index is -3.03. The molecule has 1 aromatic heterocycles. The Morgan fingerprint density at radius 1 is 1.52 bits per heavy atom. The van der Waals surface area contributed by atoms with E-state index in [1.807, 2.05) is 6.07 Å². The standard InChI is InChI=1S/C16H15F2N3O2/c1-15(17,18)16(2-3-16)14(22)21-8-10-4-12(21)11-7-20-6-9(5-19)13(11)23-10/h6-7,10,12H,2-4,8H2,1H3/t10-,12-/m0/s1. The zero-order valence-electron chi connectivity index (χ0n) is 12.6. The minimum absolute atomic E-state index is 0.216. The monoisotopic (exact) mass is 319 g/mol. The van der Waals surface area contributed by atoms with Gasteiger partial charge in [0.05, 0.1) is 12.6 Å². The van der Waals surface area contributed by atoms with Crippen molar-refractivity contribution in [3.8, 4) is 11.8 Å². The van der Waals surface area contributed by atoms with Gasteiger partial charge in [-0.25, -0.2) is 8.78 Å². The maximum Gasteiger partial charge on any atom is 0.259 e. The third-order valence-electron chi connectivity index (χ3n) is 5.21. The van der Waals surface area contributed by atoms with Crippen LogP contribution in [0.5, 0.6) is 5.75 Å². The molecule has 0 aromatic carbocycles. The third kappa shape index (κ3) is 1.87. The maximum atomic E-state index is 13.9. The lowest BCUT2D eigenvalue weighted by atomic mass is 9.95. The van der Waals surface area contributed by atoms with E-state index in [2.05, 4.69) is 4.98 Å². The van der Waals surface area contributed by atoms with Crippen LogP contribution in [0.4, 0.5) is 8.78 Å². The number of aromatic nitrogens is 1. The molecule has 0 N–H and O–H groups in total. The summed E-state index contributed by atoms with van der Waals surface area (Å²) in [7, 11) is 0. The van der Waals surface area contributed by atoms with Crippen LogP contribution < -0.4 is 4.74 Å². The number of fused-ring (bicyclic) bond motifs is 4. The molecular formula is C16H15F2N3O2. The molecular weight excluding hydrogens is 304 g/mol. The Kier molecular flexibility index (Phi) is 2.75. The van der Waals surface area contributed by atoms with Gasteiger partial charge in [0.25, 0.3) is 5.92 Å². The first-order valence-electron chi connectivity index (χ1n) is 7.61. The Labute approximate surface area is 131 Å². The molecule has 2 bridgehead atoms. The summed E-state index contributed by atoms with van der Waals surface area (Å²) in [5, 5.41) is 9.16. The predicted molar refractivity (Wildman–Crippen MR) is 74.7 cm³/mol. The van der Waals surface area contributed by atoms with Crippen LogP contribution in [0.1, 0.15) is 43.4 Å². The number of carbonyl (C=O) groups excluding carboxylic acids is 1. The third-order valence-corrected chi connectivity index (χ3v) is 5.21. The van der Waals surface area contributed by atoms with Gasteiger partial charge < -0.3 is 9.64 Å². The Bertz CT molecular complexity index is 734. The summed E-state index contributed by atoms with van der Waals surface area (Å²) >= 11 is 0. The first-order chi connectivity index (χ1) is 10.9. The van der Waals surface area contributed by atoms with E-state index in [0.717, 1.165) is 6.92 Å². The number of amides is 1. The molecule has 3 heterocycles. The van der Waals surface area contributed by atoms with E-state index in [9.17, 15) is 13.6 Å². The summed E-state index contributed by atoms with van der Waals surface area (Å²) in [5.41, 5.74) is -0.611. The van der Waals surface area contributed by atoms with Crippen molar-refractivity contribution in [3.63, 3.8) is 0 Å². The fourth-order valence-electron chi connectivity index (χ4n) is 3.72. The van der Waals surface area contributed by atoms with Crippen molar-refractivity contribution in [3.05, 3.63) is 23.5 Å². The molecule has 1 amide bonds. The molecule has 0 spiro atoms. The number of ether oxygens (including phenoxy) is 1. The highest BCUT2D eigenvalue weighted by Gasteiger charge is 2.67. The minimum Gasteiger partial charge on any atom is -0.487 e. The summed E-state index contributed by atoms with van der Waals surface area (Å²) in [4.78, 5) is 18.3. The van der Waals surface area contributed by atoms with Crippen LogP contribution in [-0.2, 0) is 4.79 Å². The normalized spacial score (nSPS) is 27.0. The number of likely N-dealkylation sites (tertiary alicyclic amines) is 1. The molecule has 0 radical (unpaired) electrons. The van der Waals surface area contributed by atoms with Gasteiger partial charge in [0, 0.05) is 31.3 Å². The summed E-state index contributed by atoms with van der Waals surface area (Å²) in [6.07, 6.45) is 3.71. The summed E-state index contributed by atoms with van der Waals surface area (Å²) in [5.74, 6) is -3.10. The van der Waals surface area contributed by atoms with Crippen molar-refractivity contribution in [2.45, 2.75) is 44.3 Å². The number of pyridine rings is 1. The van der Waals surface area contributed by atoms with Crippen molar-refractivity contribution in [1.29, 1.82) is 5.26 Å². The van der Waals surface area contributed by atoms with Gasteiger partial charge in [-0.15, -0.1) is 0 Å². The highest BCUT2D eigenvalue weighted by Crippen LogP contribution is 2.59. The summed E-state index contributed by atoms with van der Waals surface area (Å²) in [6, 6.07) is 1.69. The predicted octanol–water partition coefficient (Wildman–Crippen LogP) is 2.42. The largest absolute Gasteiger partial charge is 0.487 e. The molecule has 7 heteroatoms. The van der Waals surface area contributed by atoms with E-state index >= 15 is 0 Å². The first-order valence-corrected chi connectivity index (χ1v) is 7.61. The number of hydrogen-bond acceptors (Lipinski definition) is 4. The second kappa shape index (κ2) is 4.40. The highest BCUT2D eigenvalue weighted by atomic mass is 19.3. The molecule has 5 nitrogen and oxygen atoms in total. The molecule has 0 unspecified atom stereocenters. The molecule has 1 aromatic rings. The fourth-order valence-corrected chi connectivity index (χ4v) is 3.72. The van der Waals surface area contributed by atoms with E-state index in [1.54, 1.807) is 6.20 Å². The number of hydrogen-bond donors (Lipinski definition) is 0. The Morgan fingerprint density at radius 3 is 2.87 bits per heavy atom. The van der Waals surface area contributed by atoms with Gasteiger partial charge in [0.2, 0.25) is 5.91 Å². The lowest BCUT2D eigenvalue weighted by molar-refractivity contribution is -0.153. The van der Waals surface area contributed by atoms with Crippen LogP contribution in [0.3, 0.4) is 0 Å². The van der Waals surface area contributed by atoms with Gasteiger partial charge in [-0.1, -0.05) is 0 Å². The van der Waals surface area contributed by atoms with Gasteiger partial charge in [-0.2, -0.15) is 5.26 Å². The molecule has 23 heavy (non-hydrogen) atoms. The van der Waals surface area contributed by atoms with Gasteiger partial charge in [-0.3, -0.25) is 9.78 Å². The molecule has 120 valence electrons. The lowest BCUT2D eigenvalue weighted by Crippen LogP contribution is -2.44. The SMILES string of the molecule is CC(F)(F)C1(C(=O)N2C[C@@H]3C[C@H]2c2cncc(C#N)c2O3)CC1. The van der Waals surface area contributed by atoms with Crippen LogP contribution in [0.15, 0.2) is 12.4 Å². The highest BCUT2D eigenvalue weighted by molar-refractivity contribution is 5.87. The van der Waals surface area contributed by atoms with Crippen molar-refractivity contribution in [2.75, 3.05) is 6.54 Å². The number of nitrogens with zero attached hydrogens (tertiary/aromatic N) is 3. The van der Waals surface area contributed by atoms with E-state index in [0.29, 0.717) is 23.3 Å². The van der Waals surface area contributed by atoms with Crippen LogP contribution in [0, 0.1) is 16.7 Å². The van der Waals surface area contributed by atoms with Crippen LogP contribution in [0.2, 0.25) is 0 Å². The average molecular weight is 319 g/mol. The zero-order chi connectivity index (χ0) is 16.4. The lowest BCUT2D eigenvalue weighted by Gasteiger charge is -2.31. The Balaban J connectivity index is 1.71. The van der Waals surface area contributed by atoms with Crippen molar-refractivity contribution < 1.29 is 18.3 Å². The number of carbonyl (C=O) groups is 1. The molecule has 2 fully saturated rings. The van der Waals surface area contributed by atoms with Gasteiger partial charge in [0.15, 0.2) is 0 Å². The fraction of sp³-hybridized carbons (Fsp3) is 0.562. The quantitative estimate of drug-likeness (QED) is 0.839. The molecule has 4 rings (SSSR count). The van der Waals surface area contributed by atoms with E-state index < -0.39 is 17.2 Å². The van der Waals surface area contributed by atoms with Crippen molar-refractivity contribution in [1.82, 2.24) is 9.88 Å². The molecule has 2 atom stereocenters. The molecule has 1 saturated carbocycles. The molecule has 1 aliphatic carbocycles. The van der Waals surface area contributed by atoms with Crippen LogP contribution in [0.25, 0.3) is 0 Å². The van der Waals surface area contributed by atoms with Crippen molar-refractivity contribution in [2.24, 2.45) is 5.41 Å². The molecule has 1 saturated heterocycles. The van der Waals surface area contributed by atoms with E-state index in [-0.39, 0.29) is 31.5 Å². The second-order valence-corrected chi connectivity index (χ2v) is 6.64. The van der Waals surface area contributed by atoms with Gasteiger partial charge in [0.1, 0.15) is 28.9 Å². The second-order valence-electron chi connectivity index (χ2n) is 6.64. The number of alkyl halides is 2. The summed E-state index contributed by atoms with van der Waals surface area (Å²) in [6.45, 7) is 1.10. The van der Waals surface area contributed by atoms with Gasteiger partial charge in [-0.05, 0) is 12.8 Å². The molecule has 3 aliphatic rings. The first kappa shape index (κ1) is 14.4.